The zero-order valence-corrected chi connectivity index (χ0v) is 21.8. The highest BCUT2D eigenvalue weighted by molar-refractivity contribution is 5.95. The van der Waals surface area contributed by atoms with Crippen molar-refractivity contribution in [2.45, 2.75) is 25.9 Å². The number of carbonyl (C=O) groups excluding carboxylic acids is 1. The molecule has 39 heavy (non-hydrogen) atoms. The van der Waals surface area contributed by atoms with E-state index in [1.807, 2.05) is 31.2 Å². The van der Waals surface area contributed by atoms with Crippen LogP contribution in [0, 0.1) is 6.92 Å². The molecule has 0 saturated carbocycles. The van der Waals surface area contributed by atoms with Crippen LogP contribution in [0.25, 0.3) is 5.69 Å². The summed E-state index contributed by atoms with van der Waals surface area (Å²) in [4.78, 5) is 26.5. The van der Waals surface area contributed by atoms with E-state index >= 15 is 0 Å². The Morgan fingerprint density at radius 3 is 2.56 bits per heavy atom. The van der Waals surface area contributed by atoms with Crippen molar-refractivity contribution >= 4 is 17.3 Å². The number of nitrogens with zero attached hydrogens (tertiary/aromatic N) is 2. The van der Waals surface area contributed by atoms with Gasteiger partial charge in [-0.15, -0.1) is 0 Å². The van der Waals surface area contributed by atoms with E-state index in [0.717, 1.165) is 25.0 Å². The molecule has 3 aromatic carbocycles. The minimum absolute atomic E-state index is 0.0463. The van der Waals surface area contributed by atoms with Crippen LogP contribution >= 0.6 is 0 Å². The summed E-state index contributed by atoms with van der Waals surface area (Å²) in [5.41, 5.74) is 2.48. The van der Waals surface area contributed by atoms with Crippen LogP contribution in [0.1, 0.15) is 28.8 Å². The van der Waals surface area contributed by atoms with Gasteiger partial charge in [0.05, 0.1) is 25.1 Å². The van der Waals surface area contributed by atoms with Crippen molar-refractivity contribution in [3.05, 3.63) is 100 Å². The standard InChI is InChI=1S/C30H30N4O5/c1-20-8-10-23(11-9-20)34-30(36)28(27(19-32-34)39-25-14-12-24(37-2)13-15-25)33-22-6-3-5-21(17-22)29(35)31-18-26-7-4-16-38-26/h3,5-6,8-15,17,19,26,33H,4,7,16,18H2,1-2H3,(H,31,35)/t26-/m1/s1. The highest BCUT2D eigenvalue weighted by atomic mass is 16.5. The lowest BCUT2D eigenvalue weighted by Crippen LogP contribution is -2.31. The maximum absolute atomic E-state index is 13.7. The van der Waals surface area contributed by atoms with Gasteiger partial charge in [-0.05, 0) is 74.4 Å². The van der Waals surface area contributed by atoms with E-state index in [1.165, 1.54) is 10.9 Å². The molecule has 0 aliphatic carbocycles. The molecule has 1 amide bonds. The summed E-state index contributed by atoms with van der Waals surface area (Å²) in [6.07, 6.45) is 3.48. The Hall–Kier alpha value is -4.63. The first-order chi connectivity index (χ1) is 19.0. The molecule has 200 valence electrons. The van der Waals surface area contributed by atoms with Crippen LogP contribution in [0.3, 0.4) is 0 Å². The van der Waals surface area contributed by atoms with E-state index in [9.17, 15) is 9.59 Å². The maximum atomic E-state index is 13.7. The molecule has 1 aromatic heterocycles. The molecular formula is C30H30N4O5. The Kier molecular flexibility index (Phi) is 7.88. The second-order valence-electron chi connectivity index (χ2n) is 9.26. The molecule has 1 saturated heterocycles. The van der Waals surface area contributed by atoms with Gasteiger partial charge in [0, 0.05) is 24.4 Å². The van der Waals surface area contributed by atoms with Crippen molar-refractivity contribution in [3.63, 3.8) is 0 Å². The molecule has 0 spiro atoms. The van der Waals surface area contributed by atoms with Crippen LogP contribution in [0.5, 0.6) is 17.2 Å². The molecule has 4 aromatic rings. The monoisotopic (exact) mass is 526 g/mol. The van der Waals surface area contributed by atoms with Crippen LogP contribution in [0.15, 0.2) is 83.8 Å². The van der Waals surface area contributed by atoms with Gasteiger partial charge >= 0.3 is 0 Å². The first-order valence-corrected chi connectivity index (χ1v) is 12.8. The van der Waals surface area contributed by atoms with Gasteiger partial charge in [-0.2, -0.15) is 9.78 Å². The van der Waals surface area contributed by atoms with Crippen LogP contribution in [-0.2, 0) is 4.74 Å². The topological polar surface area (TPSA) is 104 Å². The SMILES string of the molecule is COc1ccc(Oc2cnn(-c3ccc(C)cc3)c(=O)c2Nc2cccc(C(=O)NC[C@H]3CCCO3)c2)cc1. The number of aryl methyl sites for hydroxylation is 1. The predicted molar refractivity (Wildman–Crippen MR) is 149 cm³/mol. The Balaban J connectivity index is 1.45. The fourth-order valence-electron chi connectivity index (χ4n) is 4.27. The largest absolute Gasteiger partial charge is 0.497 e. The third kappa shape index (κ3) is 6.27. The lowest BCUT2D eigenvalue weighted by atomic mass is 10.1. The quantitative estimate of drug-likeness (QED) is 0.317. The first-order valence-electron chi connectivity index (χ1n) is 12.8. The molecule has 2 heterocycles. The molecule has 1 fully saturated rings. The number of ether oxygens (including phenoxy) is 3. The third-order valence-electron chi connectivity index (χ3n) is 6.42. The van der Waals surface area contributed by atoms with Gasteiger partial charge in [0.25, 0.3) is 11.5 Å². The Morgan fingerprint density at radius 2 is 1.85 bits per heavy atom. The van der Waals surface area contributed by atoms with Gasteiger partial charge in [0.15, 0.2) is 11.4 Å². The average Bonchev–Trinajstić information content (AvgIpc) is 3.49. The van der Waals surface area contributed by atoms with Gasteiger partial charge in [0.2, 0.25) is 0 Å². The van der Waals surface area contributed by atoms with E-state index in [0.29, 0.717) is 35.0 Å². The fraction of sp³-hybridized carbons (Fsp3) is 0.233. The normalized spacial score (nSPS) is 14.6. The van der Waals surface area contributed by atoms with Crippen molar-refractivity contribution < 1.29 is 19.0 Å². The molecule has 2 N–H and O–H groups in total. The molecule has 1 aliphatic heterocycles. The van der Waals surface area contributed by atoms with Gasteiger partial charge < -0.3 is 24.8 Å². The number of benzene rings is 3. The lowest BCUT2D eigenvalue weighted by Gasteiger charge is -2.15. The van der Waals surface area contributed by atoms with Crippen LogP contribution in [-0.4, -0.2) is 42.1 Å². The van der Waals surface area contributed by atoms with E-state index in [4.69, 9.17) is 14.2 Å². The zero-order valence-electron chi connectivity index (χ0n) is 21.8. The Bertz CT molecular complexity index is 1490. The van der Waals surface area contributed by atoms with Gasteiger partial charge in [0.1, 0.15) is 11.5 Å². The van der Waals surface area contributed by atoms with Gasteiger partial charge in [-0.3, -0.25) is 9.59 Å². The maximum Gasteiger partial charge on any atom is 0.299 e. The number of aromatic nitrogens is 2. The zero-order chi connectivity index (χ0) is 27.2. The number of methoxy groups -OCH3 is 1. The van der Waals surface area contributed by atoms with E-state index in [2.05, 4.69) is 15.7 Å². The molecule has 0 unspecified atom stereocenters. The van der Waals surface area contributed by atoms with E-state index in [1.54, 1.807) is 55.6 Å². The molecule has 1 atom stereocenters. The second-order valence-corrected chi connectivity index (χ2v) is 9.26. The number of carbonyl (C=O) groups is 1. The number of anilines is 2. The van der Waals surface area contributed by atoms with Gasteiger partial charge in [-0.25, -0.2) is 0 Å². The molecule has 1 aliphatic rings. The smallest absolute Gasteiger partial charge is 0.299 e. The Morgan fingerprint density at radius 1 is 1.08 bits per heavy atom. The summed E-state index contributed by atoms with van der Waals surface area (Å²) in [5, 5.41) is 10.5. The summed E-state index contributed by atoms with van der Waals surface area (Å²) in [6, 6.07) is 21.5. The van der Waals surface area contributed by atoms with E-state index in [-0.39, 0.29) is 23.4 Å². The lowest BCUT2D eigenvalue weighted by molar-refractivity contribution is 0.0858. The highest BCUT2D eigenvalue weighted by Gasteiger charge is 2.18. The first kappa shape index (κ1) is 26.0. The average molecular weight is 527 g/mol. The number of hydrogen-bond donors (Lipinski definition) is 2. The molecule has 9 nitrogen and oxygen atoms in total. The van der Waals surface area contributed by atoms with Gasteiger partial charge in [-0.1, -0.05) is 23.8 Å². The Labute approximate surface area is 226 Å². The highest BCUT2D eigenvalue weighted by Crippen LogP contribution is 2.30. The fourth-order valence-corrected chi connectivity index (χ4v) is 4.27. The minimum Gasteiger partial charge on any atom is -0.497 e. The van der Waals surface area contributed by atoms with E-state index < -0.39 is 5.56 Å². The summed E-state index contributed by atoms with van der Waals surface area (Å²) in [5.74, 6) is 1.22. The molecule has 9 heteroatoms. The molecule has 5 rings (SSSR count). The summed E-state index contributed by atoms with van der Waals surface area (Å²) < 4.78 is 18.2. The van der Waals surface area contributed by atoms with Crippen molar-refractivity contribution in [1.29, 1.82) is 0 Å². The van der Waals surface area contributed by atoms with Crippen molar-refractivity contribution in [3.8, 4) is 22.9 Å². The minimum atomic E-state index is -0.405. The van der Waals surface area contributed by atoms with Crippen LogP contribution in [0.4, 0.5) is 11.4 Å². The number of amides is 1. The third-order valence-corrected chi connectivity index (χ3v) is 6.42. The number of hydrogen-bond acceptors (Lipinski definition) is 7. The predicted octanol–water partition coefficient (Wildman–Crippen LogP) is 4.99. The van der Waals surface area contributed by atoms with Crippen LogP contribution in [0.2, 0.25) is 0 Å². The molecular weight excluding hydrogens is 496 g/mol. The molecule has 0 bridgehead atoms. The summed E-state index contributed by atoms with van der Waals surface area (Å²) in [6.45, 7) is 3.16. The van der Waals surface area contributed by atoms with Crippen molar-refractivity contribution in [2.24, 2.45) is 0 Å². The van der Waals surface area contributed by atoms with Crippen molar-refractivity contribution in [2.75, 3.05) is 25.6 Å². The number of rotatable bonds is 9. The summed E-state index contributed by atoms with van der Waals surface area (Å²) >= 11 is 0. The summed E-state index contributed by atoms with van der Waals surface area (Å²) in [7, 11) is 1.59. The van der Waals surface area contributed by atoms with Crippen molar-refractivity contribution in [1.82, 2.24) is 15.1 Å². The number of nitrogens with one attached hydrogen (secondary N) is 2. The molecule has 0 radical (unpaired) electrons. The van der Waals surface area contributed by atoms with Crippen LogP contribution < -0.4 is 25.7 Å². The second kappa shape index (κ2) is 11.8.